The molecular formula is C18H16BrN3O2S. The Morgan fingerprint density at radius 2 is 1.88 bits per heavy atom. The molecule has 0 saturated heterocycles. The fourth-order valence-corrected chi connectivity index (χ4v) is 3.29. The molecule has 0 unspecified atom stereocenters. The molecule has 2 aromatic carbocycles. The number of aryl methyl sites for hydroxylation is 1. The molecule has 0 saturated carbocycles. The topological polar surface area (TPSA) is 68.0 Å². The van der Waals surface area contributed by atoms with Crippen LogP contribution in [0.2, 0.25) is 0 Å². The molecule has 128 valence electrons. The maximum absolute atomic E-state index is 12.4. The van der Waals surface area contributed by atoms with E-state index in [0.717, 1.165) is 21.3 Å². The lowest BCUT2D eigenvalue weighted by atomic mass is 10.2. The van der Waals surface area contributed by atoms with Crippen LogP contribution in [0.3, 0.4) is 0 Å². The molecule has 3 aromatic rings. The van der Waals surface area contributed by atoms with Gasteiger partial charge in [0.2, 0.25) is 11.8 Å². The number of para-hydroxylation sites is 1. The molecule has 1 heterocycles. The molecule has 0 radical (unpaired) electrons. The minimum atomic E-state index is -0.368. The van der Waals surface area contributed by atoms with Crippen LogP contribution in [0.5, 0.6) is 0 Å². The molecule has 0 aliphatic carbocycles. The highest BCUT2D eigenvalue weighted by Gasteiger charge is 2.19. The van der Waals surface area contributed by atoms with Gasteiger partial charge in [0.1, 0.15) is 0 Å². The number of anilines is 1. The molecule has 0 aliphatic heterocycles. The minimum Gasteiger partial charge on any atom is -0.411 e. The van der Waals surface area contributed by atoms with E-state index in [4.69, 9.17) is 4.42 Å². The first kappa shape index (κ1) is 17.7. The summed E-state index contributed by atoms with van der Waals surface area (Å²) in [7, 11) is 0. The van der Waals surface area contributed by atoms with Gasteiger partial charge in [0, 0.05) is 10.2 Å². The maximum Gasteiger partial charge on any atom is 0.277 e. The second kappa shape index (κ2) is 7.84. The number of aromatic nitrogens is 2. The fourth-order valence-electron chi connectivity index (χ4n) is 2.15. The Balaban J connectivity index is 1.67. The van der Waals surface area contributed by atoms with Crippen LogP contribution in [0.4, 0.5) is 5.69 Å². The standard InChI is InChI=1S/C18H16BrN3O2S/c1-11-7-3-6-10-15(11)20-16(23)12(2)25-18-22-21-17(24-18)13-8-4-5-9-14(13)19/h3-10,12H,1-2H3,(H,20,23)/t12-/m0/s1. The Hall–Kier alpha value is -2.12. The zero-order valence-corrected chi connectivity index (χ0v) is 16.1. The fraction of sp³-hybridized carbons (Fsp3) is 0.167. The summed E-state index contributed by atoms with van der Waals surface area (Å²) in [6.45, 7) is 3.76. The van der Waals surface area contributed by atoms with Gasteiger partial charge in [-0.25, -0.2) is 0 Å². The van der Waals surface area contributed by atoms with E-state index in [1.165, 1.54) is 11.8 Å². The normalized spacial score (nSPS) is 12.0. The monoisotopic (exact) mass is 417 g/mol. The molecule has 7 heteroatoms. The Morgan fingerprint density at radius 3 is 2.64 bits per heavy atom. The molecule has 0 bridgehead atoms. The Bertz CT molecular complexity index is 897. The Kier molecular flexibility index (Phi) is 5.55. The highest BCUT2D eigenvalue weighted by molar-refractivity contribution is 9.10. The SMILES string of the molecule is Cc1ccccc1NC(=O)[C@H](C)Sc1nnc(-c2ccccc2Br)o1. The molecule has 3 rings (SSSR count). The van der Waals surface area contributed by atoms with E-state index in [9.17, 15) is 4.79 Å². The molecule has 1 amide bonds. The predicted molar refractivity (Wildman–Crippen MR) is 103 cm³/mol. The maximum atomic E-state index is 12.4. The summed E-state index contributed by atoms with van der Waals surface area (Å²) in [6.07, 6.45) is 0. The van der Waals surface area contributed by atoms with Crippen molar-refractivity contribution >= 4 is 39.3 Å². The van der Waals surface area contributed by atoms with E-state index in [2.05, 4.69) is 31.4 Å². The molecule has 1 N–H and O–H groups in total. The second-order valence-corrected chi connectivity index (χ2v) is 7.56. The first-order chi connectivity index (χ1) is 12.0. The number of nitrogens with one attached hydrogen (secondary N) is 1. The van der Waals surface area contributed by atoms with Gasteiger partial charge in [-0.15, -0.1) is 10.2 Å². The number of carbonyl (C=O) groups is 1. The second-order valence-electron chi connectivity index (χ2n) is 5.42. The first-order valence-corrected chi connectivity index (χ1v) is 9.33. The van der Waals surface area contributed by atoms with Gasteiger partial charge in [-0.1, -0.05) is 42.1 Å². The molecular weight excluding hydrogens is 402 g/mol. The lowest BCUT2D eigenvalue weighted by Crippen LogP contribution is -2.22. The largest absolute Gasteiger partial charge is 0.411 e. The molecule has 0 spiro atoms. The predicted octanol–water partition coefficient (Wildman–Crippen LogP) is 4.93. The van der Waals surface area contributed by atoms with Crippen molar-refractivity contribution < 1.29 is 9.21 Å². The van der Waals surface area contributed by atoms with E-state index >= 15 is 0 Å². The van der Waals surface area contributed by atoms with Crippen LogP contribution in [-0.4, -0.2) is 21.4 Å². The lowest BCUT2D eigenvalue weighted by Gasteiger charge is -2.11. The minimum absolute atomic E-state index is 0.111. The number of carbonyl (C=O) groups excluding carboxylic acids is 1. The highest BCUT2D eigenvalue weighted by Crippen LogP contribution is 2.30. The molecule has 1 aromatic heterocycles. The van der Waals surface area contributed by atoms with Crippen LogP contribution in [0.15, 0.2) is 62.6 Å². The van der Waals surface area contributed by atoms with Gasteiger partial charge in [0.15, 0.2) is 0 Å². The number of nitrogens with zero attached hydrogens (tertiary/aromatic N) is 2. The van der Waals surface area contributed by atoms with Crippen molar-refractivity contribution in [3.8, 4) is 11.5 Å². The third kappa shape index (κ3) is 4.29. The average Bonchev–Trinajstić information content (AvgIpc) is 3.05. The third-order valence-electron chi connectivity index (χ3n) is 3.56. The zero-order chi connectivity index (χ0) is 17.8. The van der Waals surface area contributed by atoms with Gasteiger partial charge in [0.05, 0.1) is 10.8 Å². The molecule has 25 heavy (non-hydrogen) atoms. The number of halogens is 1. The smallest absolute Gasteiger partial charge is 0.277 e. The van der Waals surface area contributed by atoms with Gasteiger partial charge in [-0.2, -0.15) is 0 Å². The van der Waals surface area contributed by atoms with E-state index in [1.807, 2.05) is 55.5 Å². The number of rotatable bonds is 5. The van der Waals surface area contributed by atoms with Gasteiger partial charge in [-0.05, 0) is 53.5 Å². The van der Waals surface area contributed by atoms with Crippen LogP contribution in [0, 0.1) is 6.92 Å². The van der Waals surface area contributed by atoms with E-state index in [0.29, 0.717) is 11.1 Å². The van der Waals surface area contributed by atoms with Crippen molar-refractivity contribution in [1.82, 2.24) is 10.2 Å². The number of hydrogen-bond acceptors (Lipinski definition) is 5. The van der Waals surface area contributed by atoms with Gasteiger partial charge < -0.3 is 9.73 Å². The summed E-state index contributed by atoms with van der Waals surface area (Å²) in [5.41, 5.74) is 2.64. The van der Waals surface area contributed by atoms with Crippen molar-refractivity contribution in [2.45, 2.75) is 24.3 Å². The van der Waals surface area contributed by atoms with Crippen molar-refractivity contribution in [2.75, 3.05) is 5.32 Å². The third-order valence-corrected chi connectivity index (χ3v) is 5.19. The van der Waals surface area contributed by atoms with Crippen LogP contribution < -0.4 is 5.32 Å². The van der Waals surface area contributed by atoms with Crippen molar-refractivity contribution in [3.63, 3.8) is 0 Å². The summed E-state index contributed by atoms with van der Waals surface area (Å²) < 4.78 is 6.55. The highest BCUT2D eigenvalue weighted by atomic mass is 79.9. The van der Waals surface area contributed by atoms with Crippen LogP contribution in [0.1, 0.15) is 12.5 Å². The lowest BCUT2D eigenvalue weighted by molar-refractivity contribution is -0.115. The van der Waals surface area contributed by atoms with Gasteiger partial charge in [0.25, 0.3) is 5.22 Å². The van der Waals surface area contributed by atoms with Crippen LogP contribution in [-0.2, 0) is 4.79 Å². The van der Waals surface area contributed by atoms with Gasteiger partial charge >= 0.3 is 0 Å². The summed E-state index contributed by atoms with van der Waals surface area (Å²) in [6, 6.07) is 15.3. The molecule has 1 atom stereocenters. The average molecular weight is 418 g/mol. The summed E-state index contributed by atoms with van der Waals surface area (Å²) >= 11 is 4.69. The quantitative estimate of drug-likeness (QED) is 0.596. The number of benzene rings is 2. The Morgan fingerprint density at radius 1 is 1.16 bits per heavy atom. The van der Waals surface area contributed by atoms with Gasteiger partial charge in [-0.3, -0.25) is 4.79 Å². The van der Waals surface area contributed by atoms with Crippen molar-refractivity contribution in [3.05, 3.63) is 58.6 Å². The van der Waals surface area contributed by atoms with Crippen molar-refractivity contribution in [1.29, 1.82) is 0 Å². The van der Waals surface area contributed by atoms with E-state index < -0.39 is 0 Å². The molecule has 0 aliphatic rings. The molecule has 5 nitrogen and oxygen atoms in total. The molecule has 0 fully saturated rings. The number of thioether (sulfide) groups is 1. The van der Waals surface area contributed by atoms with Crippen LogP contribution in [0.25, 0.3) is 11.5 Å². The summed E-state index contributed by atoms with van der Waals surface area (Å²) in [5, 5.41) is 11.0. The summed E-state index contributed by atoms with van der Waals surface area (Å²) in [5.74, 6) is 0.307. The van der Waals surface area contributed by atoms with E-state index in [1.54, 1.807) is 6.92 Å². The number of hydrogen-bond donors (Lipinski definition) is 1. The zero-order valence-electron chi connectivity index (χ0n) is 13.7. The first-order valence-electron chi connectivity index (χ1n) is 7.66. The van der Waals surface area contributed by atoms with Crippen LogP contribution >= 0.6 is 27.7 Å². The van der Waals surface area contributed by atoms with Crippen molar-refractivity contribution in [2.24, 2.45) is 0 Å². The van der Waals surface area contributed by atoms with E-state index in [-0.39, 0.29) is 11.2 Å². The Labute approximate surface area is 158 Å². The number of amides is 1. The summed E-state index contributed by atoms with van der Waals surface area (Å²) in [4.78, 5) is 12.4.